The normalized spacial score (nSPS) is 24.7. The van der Waals surface area contributed by atoms with E-state index in [4.69, 9.17) is 10.00 Å². The van der Waals surface area contributed by atoms with E-state index in [2.05, 4.69) is 0 Å². The molecule has 0 bridgehead atoms. The third kappa shape index (κ3) is 1.66. The monoisotopic (exact) mass is 225 g/mol. The summed E-state index contributed by atoms with van der Waals surface area (Å²) >= 11 is 0. The molecule has 4 nitrogen and oxygen atoms in total. The number of carboxylic acids is 1. The van der Waals surface area contributed by atoms with E-state index in [-0.39, 0.29) is 0 Å². The van der Waals surface area contributed by atoms with Crippen molar-refractivity contribution >= 4 is 14.0 Å². The Hall–Kier alpha value is -1.25. The molecule has 0 aliphatic heterocycles. The van der Waals surface area contributed by atoms with E-state index >= 15 is 0 Å². The van der Waals surface area contributed by atoms with Gasteiger partial charge < -0.3 is 5.11 Å². The van der Waals surface area contributed by atoms with Crippen LogP contribution in [0.25, 0.3) is 0 Å². The predicted octanol–water partition coefficient (Wildman–Crippen LogP) is 1.51. The molecule has 78 valence electrons. The van der Waals surface area contributed by atoms with Gasteiger partial charge in [-0.25, -0.2) is 0 Å². The van der Waals surface area contributed by atoms with Crippen molar-refractivity contribution in [3.05, 3.63) is 35.4 Å². The summed E-state index contributed by atoms with van der Waals surface area (Å²) in [7, 11) is -2.45. The fraction of sp³-hybridized carbons (Fsp3) is 0.300. The van der Waals surface area contributed by atoms with Crippen LogP contribution in [0.15, 0.2) is 24.3 Å². The summed E-state index contributed by atoms with van der Waals surface area (Å²) in [6, 6.07) is 7.09. The lowest BCUT2D eigenvalue weighted by Crippen LogP contribution is -2.19. The van der Waals surface area contributed by atoms with Crippen LogP contribution in [0.3, 0.4) is 0 Å². The fourth-order valence-corrected chi connectivity index (χ4v) is 2.97. The maximum absolute atomic E-state index is 11.1. The standard InChI is InChI=1S/C10H9O4P/c11-10(12)9-7-4-2-1-3-6(7)5-8(9)15(13)14/h1-4,8-9H,5H2,(H-,11,12,13,14)/p+1/t8-,9-/m0/s1. The highest BCUT2D eigenvalue weighted by Gasteiger charge is 2.48. The molecular weight excluding hydrogens is 215 g/mol. The number of rotatable bonds is 2. The molecule has 0 fully saturated rings. The molecule has 0 saturated carbocycles. The fourth-order valence-electron chi connectivity index (χ4n) is 2.08. The Morgan fingerprint density at radius 1 is 1.40 bits per heavy atom. The lowest BCUT2D eigenvalue weighted by molar-refractivity contribution is -0.138. The van der Waals surface area contributed by atoms with Gasteiger partial charge >= 0.3 is 14.0 Å². The van der Waals surface area contributed by atoms with Gasteiger partial charge in [0, 0.05) is 6.42 Å². The van der Waals surface area contributed by atoms with Crippen molar-refractivity contribution < 1.29 is 19.4 Å². The summed E-state index contributed by atoms with van der Waals surface area (Å²) in [4.78, 5) is 20.1. The van der Waals surface area contributed by atoms with Crippen LogP contribution in [0.1, 0.15) is 17.0 Å². The number of aliphatic carboxylic acids is 1. The van der Waals surface area contributed by atoms with Gasteiger partial charge in [-0.15, -0.1) is 0 Å². The molecule has 15 heavy (non-hydrogen) atoms. The van der Waals surface area contributed by atoms with E-state index < -0.39 is 25.6 Å². The molecule has 2 N–H and O–H groups in total. The van der Waals surface area contributed by atoms with Crippen LogP contribution < -0.4 is 0 Å². The van der Waals surface area contributed by atoms with Gasteiger partial charge in [0.05, 0.1) is 0 Å². The largest absolute Gasteiger partial charge is 0.510 e. The van der Waals surface area contributed by atoms with E-state index in [9.17, 15) is 9.36 Å². The Balaban J connectivity index is 2.46. The van der Waals surface area contributed by atoms with Crippen molar-refractivity contribution in [3.8, 4) is 0 Å². The maximum Gasteiger partial charge on any atom is 0.510 e. The smallest absolute Gasteiger partial charge is 0.481 e. The van der Waals surface area contributed by atoms with Crippen molar-refractivity contribution in [2.24, 2.45) is 0 Å². The first kappa shape index (κ1) is 10.3. The minimum Gasteiger partial charge on any atom is -0.481 e. The van der Waals surface area contributed by atoms with Crippen LogP contribution in [0.4, 0.5) is 0 Å². The molecule has 3 atom stereocenters. The summed E-state index contributed by atoms with van der Waals surface area (Å²) < 4.78 is 11.1. The minimum atomic E-state index is -2.45. The Kier molecular flexibility index (Phi) is 2.55. The van der Waals surface area contributed by atoms with Crippen LogP contribution in [-0.2, 0) is 15.8 Å². The average molecular weight is 225 g/mol. The van der Waals surface area contributed by atoms with Gasteiger partial charge in [-0.05, 0) is 15.7 Å². The van der Waals surface area contributed by atoms with Gasteiger partial charge in [0.2, 0.25) is 5.66 Å². The van der Waals surface area contributed by atoms with E-state index in [1.54, 1.807) is 12.1 Å². The predicted molar refractivity (Wildman–Crippen MR) is 54.1 cm³/mol. The van der Waals surface area contributed by atoms with E-state index in [1.807, 2.05) is 12.1 Å². The van der Waals surface area contributed by atoms with Crippen molar-refractivity contribution in [2.75, 3.05) is 0 Å². The number of fused-ring (bicyclic) bond motifs is 1. The van der Waals surface area contributed by atoms with Gasteiger partial charge in [0.1, 0.15) is 5.92 Å². The summed E-state index contributed by atoms with van der Waals surface area (Å²) in [6.45, 7) is 0. The number of carbonyl (C=O) groups is 1. The third-order valence-corrected chi connectivity index (χ3v) is 3.80. The zero-order valence-electron chi connectivity index (χ0n) is 7.83. The van der Waals surface area contributed by atoms with E-state index in [0.717, 1.165) is 5.56 Å². The Morgan fingerprint density at radius 3 is 2.67 bits per heavy atom. The third-order valence-electron chi connectivity index (χ3n) is 2.75. The van der Waals surface area contributed by atoms with Crippen LogP contribution in [0, 0.1) is 0 Å². The van der Waals surface area contributed by atoms with Crippen molar-refractivity contribution in [1.82, 2.24) is 0 Å². The van der Waals surface area contributed by atoms with Crippen molar-refractivity contribution in [3.63, 3.8) is 0 Å². The first-order chi connectivity index (χ1) is 7.11. The van der Waals surface area contributed by atoms with Gasteiger partial charge in [-0.3, -0.25) is 4.79 Å². The number of hydrogen-bond donors (Lipinski definition) is 2. The number of carboxylic acid groups (broad SMARTS) is 1. The van der Waals surface area contributed by atoms with Gasteiger partial charge in [0.25, 0.3) is 0 Å². The van der Waals surface area contributed by atoms with Gasteiger partial charge in [-0.1, -0.05) is 24.3 Å². The number of benzene rings is 1. The summed E-state index contributed by atoms with van der Waals surface area (Å²) in [5.41, 5.74) is 0.856. The summed E-state index contributed by atoms with van der Waals surface area (Å²) in [5, 5.41) is 9.04. The zero-order valence-corrected chi connectivity index (χ0v) is 8.72. The van der Waals surface area contributed by atoms with Gasteiger partial charge in [0.15, 0.2) is 0 Å². The minimum absolute atomic E-state index is 0.374. The SMILES string of the molecule is O=C(O)[C@H]1c2ccccc2C[C@@H]1[P+](=O)O. The maximum atomic E-state index is 11.1. The van der Waals surface area contributed by atoms with E-state index in [1.165, 1.54) is 0 Å². The molecule has 0 amide bonds. The van der Waals surface area contributed by atoms with Gasteiger partial charge in [-0.2, -0.15) is 4.89 Å². The Labute approximate surface area is 87.4 Å². The van der Waals surface area contributed by atoms with Crippen LogP contribution >= 0.6 is 8.03 Å². The topological polar surface area (TPSA) is 74.6 Å². The Morgan fingerprint density at radius 2 is 2.07 bits per heavy atom. The summed E-state index contributed by atoms with van der Waals surface area (Å²) in [5.74, 6) is -1.86. The molecule has 2 rings (SSSR count). The van der Waals surface area contributed by atoms with Crippen molar-refractivity contribution in [2.45, 2.75) is 18.0 Å². The average Bonchev–Trinajstić information content (AvgIpc) is 2.56. The second-order valence-electron chi connectivity index (χ2n) is 3.59. The lowest BCUT2D eigenvalue weighted by Gasteiger charge is -2.05. The van der Waals surface area contributed by atoms with Crippen LogP contribution in [0.2, 0.25) is 0 Å². The second-order valence-corrected chi connectivity index (χ2v) is 4.86. The highest BCUT2D eigenvalue weighted by molar-refractivity contribution is 7.39. The molecule has 0 saturated heterocycles. The molecule has 1 aliphatic carbocycles. The summed E-state index contributed by atoms with van der Waals surface area (Å²) in [6.07, 6.45) is 0.374. The molecule has 0 heterocycles. The highest BCUT2D eigenvalue weighted by Crippen LogP contribution is 2.44. The molecule has 1 unspecified atom stereocenters. The number of hydrogen-bond acceptors (Lipinski definition) is 2. The Bertz CT molecular complexity index is 429. The molecule has 0 spiro atoms. The first-order valence-electron chi connectivity index (χ1n) is 4.57. The molecule has 5 heteroatoms. The zero-order chi connectivity index (χ0) is 11.0. The molecule has 0 radical (unpaired) electrons. The van der Waals surface area contributed by atoms with Crippen LogP contribution in [-0.4, -0.2) is 21.6 Å². The molecule has 1 aromatic carbocycles. The van der Waals surface area contributed by atoms with Crippen molar-refractivity contribution in [1.29, 1.82) is 0 Å². The quantitative estimate of drug-likeness (QED) is 0.748. The first-order valence-corrected chi connectivity index (χ1v) is 5.85. The highest BCUT2D eigenvalue weighted by atomic mass is 31.1. The molecule has 1 aliphatic rings. The molecule has 0 aromatic heterocycles. The van der Waals surface area contributed by atoms with Crippen LogP contribution in [0.5, 0.6) is 0 Å². The molecule has 1 aromatic rings. The second kappa shape index (κ2) is 3.72. The molecular formula is C10H10O4P+. The van der Waals surface area contributed by atoms with E-state index in [0.29, 0.717) is 12.0 Å². The lowest BCUT2D eigenvalue weighted by atomic mass is 10.0.